The van der Waals surface area contributed by atoms with Gasteiger partial charge >= 0.3 is 12.7 Å². The fourth-order valence-electron chi connectivity index (χ4n) is 4.36. The van der Waals surface area contributed by atoms with E-state index in [9.17, 15) is 18.7 Å². The third kappa shape index (κ3) is 5.68. The minimum Gasteiger partial charge on any atom is -0.435 e. The van der Waals surface area contributed by atoms with E-state index in [1.807, 2.05) is 20.8 Å². The van der Waals surface area contributed by atoms with Crippen LogP contribution in [0.15, 0.2) is 30.6 Å². The van der Waals surface area contributed by atoms with Crippen molar-refractivity contribution in [2.45, 2.75) is 52.0 Å². The van der Waals surface area contributed by atoms with E-state index in [0.29, 0.717) is 47.6 Å². The van der Waals surface area contributed by atoms with Crippen molar-refractivity contribution < 1.29 is 28.2 Å². The van der Waals surface area contributed by atoms with Gasteiger partial charge in [0.25, 0.3) is 0 Å². The zero-order valence-corrected chi connectivity index (χ0v) is 21.2. The molecule has 11 nitrogen and oxygen atoms in total. The van der Waals surface area contributed by atoms with Gasteiger partial charge in [-0.3, -0.25) is 9.58 Å². The molecule has 4 aromatic rings. The number of hydrogen-bond donors (Lipinski definition) is 3. The lowest BCUT2D eigenvalue weighted by molar-refractivity contribution is -0.0497. The van der Waals surface area contributed by atoms with Crippen molar-refractivity contribution >= 4 is 28.2 Å². The number of carbonyl (C=O) groups excluding carboxylic acids is 1. The molecular weight excluding hydrogens is 500 g/mol. The average molecular weight is 530 g/mol. The molecule has 1 saturated heterocycles. The highest BCUT2D eigenvalue weighted by molar-refractivity contribution is 5.94. The summed E-state index contributed by atoms with van der Waals surface area (Å²) >= 11 is 0. The van der Waals surface area contributed by atoms with Gasteiger partial charge in [-0.05, 0) is 45.4 Å². The quantitative estimate of drug-likeness (QED) is 0.316. The van der Waals surface area contributed by atoms with E-state index in [1.54, 1.807) is 10.7 Å². The summed E-state index contributed by atoms with van der Waals surface area (Å²) < 4.78 is 37.7. The number of nitrogens with zero attached hydrogens (tertiary/aromatic N) is 5. The number of likely N-dealkylation sites (tertiary alicyclic amines) is 1. The number of H-pyrrole nitrogens is 1. The predicted molar refractivity (Wildman–Crippen MR) is 135 cm³/mol. The Morgan fingerprint density at radius 3 is 2.79 bits per heavy atom. The molecule has 1 amide bonds. The second-order valence-electron chi connectivity index (χ2n) is 10.3. The molecule has 0 atom stereocenters. The summed E-state index contributed by atoms with van der Waals surface area (Å²) in [6.45, 7) is 5.22. The Balaban J connectivity index is 1.48. The number of aromatic nitrogens is 5. The number of aliphatic hydroxyl groups is 1. The summed E-state index contributed by atoms with van der Waals surface area (Å²) in [5, 5.41) is 17.5. The van der Waals surface area contributed by atoms with Gasteiger partial charge in [0.05, 0.1) is 17.8 Å². The smallest absolute Gasteiger partial charge is 0.413 e. The highest BCUT2D eigenvalue weighted by atomic mass is 19.3. The normalized spacial score (nSPS) is 14.8. The van der Waals surface area contributed by atoms with Crippen LogP contribution in [0.4, 0.5) is 13.6 Å². The van der Waals surface area contributed by atoms with Gasteiger partial charge in [-0.2, -0.15) is 13.9 Å². The number of carbonyl (C=O) groups is 1. The van der Waals surface area contributed by atoms with E-state index < -0.39 is 18.2 Å². The minimum absolute atomic E-state index is 0.00132. The molecule has 202 valence electrons. The number of aliphatic hydroxyl groups excluding tert-OH is 1. The van der Waals surface area contributed by atoms with E-state index >= 15 is 0 Å². The van der Waals surface area contributed by atoms with Crippen molar-refractivity contribution in [3.05, 3.63) is 30.6 Å². The minimum atomic E-state index is -2.97. The highest BCUT2D eigenvalue weighted by Crippen LogP contribution is 2.32. The largest absolute Gasteiger partial charge is 0.435 e. The van der Waals surface area contributed by atoms with E-state index in [1.165, 1.54) is 24.5 Å². The molecule has 1 fully saturated rings. The lowest BCUT2D eigenvalue weighted by atomic mass is 10.1. The van der Waals surface area contributed by atoms with E-state index in [-0.39, 0.29) is 17.6 Å². The summed E-state index contributed by atoms with van der Waals surface area (Å²) in [6.07, 6.45) is 2.89. The van der Waals surface area contributed by atoms with Crippen molar-refractivity contribution in [1.82, 2.24) is 34.9 Å². The van der Waals surface area contributed by atoms with Gasteiger partial charge < -0.3 is 24.9 Å². The molecule has 0 spiro atoms. The lowest BCUT2D eigenvalue weighted by Gasteiger charge is -2.35. The number of aromatic amines is 1. The molecule has 0 bridgehead atoms. The standard InChI is InChI=1S/C25H29F2N7O4/c1-25(2,3)31-24(36)38-19-11-29-22-21(19)30-17(10-28-22)20-16-9-15(37-23(26)27)5-6-18(16)34(32-20)8-4-7-33-12-14(35)13-33/h5-6,9-11,14,23,35H,4,7-8,12-13H2,1-3H3,(H,28,29)(H,31,36). The van der Waals surface area contributed by atoms with Crippen molar-refractivity contribution in [2.24, 2.45) is 0 Å². The van der Waals surface area contributed by atoms with Gasteiger partial charge in [0.1, 0.15) is 17.1 Å². The Kier molecular flexibility index (Phi) is 6.88. The SMILES string of the molecule is CC(C)(C)NC(=O)Oc1c[nH]c2ncc(-c3nn(CCCN4CC(O)C4)c4ccc(OC(F)F)cc34)nc12. The molecule has 0 saturated carbocycles. The average Bonchev–Trinajstić information content (AvgIpc) is 3.37. The van der Waals surface area contributed by atoms with Crippen LogP contribution in [0.25, 0.3) is 33.5 Å². The predicted octanol–water partition coefficient (Wildman–Crippen LogP) is 3.53. The van der Waals surface area contributed by atoms with Crippen LogP contribution in [0.2, 0.25) is 0 Å². The van der Waals surface area contributed by atoms with Gasteiger partial charge in [0, 0.05) is 43.3 Å². The molecule has 0 radical (unpaired) electrons. The summed E-state index contributed by atoms with van der Waals surface area (Å²) in [4.78, 5) is 26.4. The first-order valence-corrected chi connectivity index (χ1v) is 12.3. The molecular formula is C25H29F2N7O4. The Morgan fingerprint density at radius 2 is 2.08 bits per heavy atom. The van der Waals surface area contributed by atoms with E-state index in [2.05, 4.69) is 29.9 Å². The van der Waals surface area contributed by atoms with Crippen LogP contribution in [-0.4, -0.2) is 78.7 Å². The first-order valence-electron chi connectivity index (χ1n) is 12.3. The molecule has 4 heterocycles. The molecule has 1 aliphatic heterocycles. The number of halogens is 2. The fraction of sp³-hybridized carbons (Fsp3) is 0.440. The molecule has 38 heavy (non-hydrogen) atoms. The summed E-state index contributed by atoms with van der Waals surface area (Å²) in [5.74, 6) is 0.194. The number of β-amino-alcohol motifs (C(OH)–C–C–N with tert-alkyl or cyclic N) is 1. The van der Waals surface area contributed by atoms with Gasteiger partial charge in [0.2, 0.25) is 0 Å². The topological polar surface area (TPSA) is 130 Å². The molecule has 0 unspecified atom stereocenters. The Bertz CT molecular complexity index is 1460. The first-order chi connectivity index (χ1) is 18.1. The second-order valence-corrected chi connectivity index (χ2v) is 10.3. The van der Waals surface area contributed by atoms with Gasteiger partial charge in [0.15, 0.2) is 16.9 Å². The van der Waals surface area contributed by atoms with Crippen LogP contribution in [0.5, 0.6) is 11.5 Å². The maximum absolute atomic E-state index is 12.9. The van der Waals surface area contributed by atoms with Crippen LogP contribution >= 0.6 is 0 Å². The highest BCUT2D eigenvalue weighted by Gasteiger charge is 2.24. The zero-order valence-electron chi connectivity index (χ0n) is 21.2. The molecule has 0 aliphatic carbocycles. The Morgan fingerprint density at radius 1 is 1.29 bits per heavy atom. The van der Waals surface area contributed by atoms with Gasteiger partial charge in [-0.25, -0.2) is 14.8 Å². The summed E-state index contributed by atoms with van der Waals surface area (Å²) in [6, 6.07) is 4.66. The van der Waals surface area contributed by atoms with E-state index in [4.69, 9.17) is 9.84 Å². The van der Waals surface area contributed by atoms with Crippen LogP contribution in [-0.2, 0) is 6.54 Å². The van der Waals surface area contributed by atoms with Gasteiger partial charge in [-0.15, -0.1) is 0 Å². The first kappa shape index (κ1) is 25.8. The number of ether oxygens (including phenoxy) is 2. The third-order valence-corrected chi connectivity index (χ3v) is 6.00. The monoisotopic (exact) mass is 529 g/mol. The van der Waals surface area contributed by atoms with Crippen molar-refractivity contribution in [3.8, 4) is 22.9 Å². The molecule has 5 rings (SSSR count). The number of hydrogen-bond acceptors (Lipinski definition) is 8. The zero-order chi connectivity index (χ0) is 27.0. The summed E-state index contributed by atoms with van der Waals surface area (Å²) in [5.41, 5.74) is 1.78. The maximum Gasteiger partial charge on any atom is 0.413 e. The van der Waals surface area contributed by atoms with E-state index in [0.717, 1.165) is 18.5 Å². The Hall–Kier alpha value is -3.84. The molecule has 1 aliphatic rings. The molecule has 1 aromatic carbocycles. The van der Waals surface area contributed by atoms with Gasteiger partial charge in [-0.1, -0.05) is 0 Å². The number of alkyl halides is 2. The van der Waals surface area contributed by atoms with Crippen molar-refractivity contribution in [1.29, 1.82) is 0 Å². The van der Waals surface area contributed by atoms with Crippen LogP contribution in [0, 0.1) is 0 Å². The third-order valence-electron chi connectivity index (χ3n) is 6.00. The number of aryl methyl sites for hydroxylation is 1. The lowest BCUT2D eigenvalue weighted by Crippen LogP contribution is -2.50. The maximum atomic E-state index is 12.9. The number of nitrogens with one attached hydrogen (secondary N) is 2. The second kappa shape index (κ2) is 10.1. The van der Waals surface area contributed by atoms with Crippen LogP contribution in [0.1, 0.15) is 27.2 Å². The fourth-order valence-corrected chi connectivity index (χ4v) is 4.36. The van der Waals surface area contributed by atoms with Crippen molar-refractivity contribution in [3.63, 3.8) is 0 Å². The number of amides is 1. The molecule has 3 aromatic heterocycles. The number of fused-ring (bicyclic) bond motifs is 2. The Labute approximate surface area is 216 Å². The molecule has 3 N–H and O–H groups in total. The van der Waals surface area contributed by atoms with Crippen LogP contribution < -0.4 is 14.8 Å². The molecule has 13 heteroatoms. The number of rotatable bonds is 8. The summed E-state index contributed by atoms with van der Waals surface area (Å²) in [7, 11) is 0. The number of benzene rings is 1. The van der Waals surface area contributed by atoms with Crippen LogP contribution in [0.3, 0.4) is 0 Å². The van der Waals surface area contributed by atoms with Crippen molar-refractivity contribution in [2.75, 3.05) is 19.6 Å².